The van der Waals surface area contributed by atoms with E-state index in [1.807, 2.05) is 31.4 Å². The maximum Gasteiger partial charge on any atom is 0.191 e. The summed E-state index contributed by atoms with van der Waals surface area (Å²) in [6.45, 7) is 6.28. The van der Waals surface area contributed by atoms with Crippen LogP contribution in [0.5, 0.6) is 0 Å². The highest BCUT2D eigenvalue weighted by atomic mass is 127. The van der Waals surface area contributed by atoms with Gasteiger partial charge < -0.3 is 10.6 Å². The topological polar surface area (TPSA) is 69.8 Å². The number of piperidine rings is 1. The maximum atomic E-state index is 4.41. The first-order valence-corrected chi connectivity index (χ1v) is 11.2. The van der Waals surface area contributed by atoms with Crippen LogP contribution < -0.4 is 10.6 Å². The van der Waals surface area contributed by atoms with E-state index in [4.69, 9.17) is 0 Å². The minimum Gasteiger partial charge on any atom is -0.356 e. The standard InChI is InChI=1S/C24H33N7.HI/c1-19-7-5-8-20(17-19)18-30-15-11-21(12-16-30)27-24(25-2)26-13-6-10-23-29-28-22-9-3-4-14-31(22)23;/h3-5,7-9,14,17,21H,6,10-13,15-16,18H2,1-2H3,(H2,25,26,27);1H. The van der Waals surface area contributed by atoms with Gasteiger partial charge in [-0.3, -0.25) is 14.3 Å². The van der Waals surface area contributed by atoms with Crippen molar-refractivity contribution in [2.24, 2.45) is 4.99 Å². The normalized spacial score (nSPS) is 15.5. The molecule has 0 spiro atoms. The lowest BCUT2D eigenvalue weighted by atomic mass is 10.0. The van der Waals surface area contributed by atoms with E-state index in [0.717, 1.165) is 69.3 Å². The molecule has 3 aromatic rings. The van der Waals surface area contributed by atoms with E-state index in [-0.39, 0.29) is 24.0 Å². The third kappa shape index (κ3) is 6.65. The molecular weight excluding hydrogens is 513 g/mol. The van der Waals surface area contributed by atoms with Gasteiger partial charge in [-0.05, 0) is 43.9 Å². The second kappa shape index (κ2) is 12.2. The molecule has 2 aromatic heterocycles. The van der Waals surface area contributed by atoms with Crippen LogP contribution in [0.1, 0.15) is 36.2 Å². The molecule has 1 fully saturated rings. The Labute approximate surface area is 207 Å². The van der Waals surface area contributed by atoms with Crippen molar-refractivity contribution in [1.82, 2.24) is 30.1 Å². The molecular formula is C24H34IN7. The van der Waals surface area contributed by atoms with Gasteiger partial charge in [-0.25, -0.2) is 0 Å². The molecule has 1 saturated heterocycles. The minimum absolute atomic E-state index is 0. The second-order valence-corrected chi connectivity index (χ2v) is 8.33. The molecule has 3 heterocycles. The van der Waals surface area contributed by atoms with Gasteiger partial charge in [0.1, 0.15) is 5.82 Å². The average molecular weight is 547 g/mol. The fraction of sp³-hybridized carbons (Fsp3) is 0.458. The molecule has 2 N–H and O–H groups in total. The number of fused-ring (bicyclic) bond motifs is 1. The highest BCUT2D eigenvalue weighted by Crippen LogP contribution is 2.14. The first-order valence-electron chi connectivity index (χ1n) is 11.2. The molecule has 7 nitrogen and oxygen atoms in total. The molecule has 1 aromatic carbocycles. The summed E-state index contributed by atoms with van der Waals surface area (Å²) in [4.78, 5) is 6.96. The molecule has 0 aliphatic carbocycles. The highest BCUT2D eigenvalue weighted by Gasteiger charge is 2.20. The largest absolute Gasteiger partial charge is 0.356 e. The zero-order valence-corrected chi connectivity index (χ0v) is 21.3. The lowest BCUT2D eigenvalue weighted by molar-refractivity contribution is 0.198. The Bertz CT molecular complexity index is 1010. The van der Waals surface area contributed by atoms with E-state index in [1.165, 1.54) is 11.1 Å². The number of rotatable bonds is 7. The van der Waals surface area contributed by atoms with Crippen LogP contribution in [0.2, 0.25) is 0 Å². The number of hydrogen-bond donors (Lipinski definition) is 2. The van der Waals surface area contributed by atoms with Gasteiger partial charge in [0.2, 0.25) is 0 Å². The second-order valence-electron chi connectivity index (χ2n) is 8.33. The van der Waals surface area contributed by atoms with Crippen molar-refractivity contribution in [2.45, 2.75) is 45.2 Å². The van der Waals surface area contributed by atoms with Gasteiger partial charge in [-0.15, -0.1) is 34.2 Å². The molecule has 0 radical (unpaired) electrons. The number of nitrogens with one attached hydrogen (secondary N) is 2. The van der Waals surface area contributed by atoms with Crippen LogP contribution in [0.4, 0.5) is 0 Å². The molecule has 32 heavy (non-hydrogen) atoms. The number of guanidine groups is 1. The van der Waals surface area contributed by atoms with Crippen LogP contribution in [-0.4, -0.2) is 58.2 Å². The van der Waals surface area contributed by atoms with E-state index < -0.39 is 0 Å². The SMILES string of the molecule is CN=C(NCCCc1nnc2ccccn12)NC1CCN(Cc2cccc(C)c2)CC1.I. The molecule has 1 aliphatic rings. The number of likely N-dealkylation sites (tertiary alicyclic amines) is 1. The molecule has 172 valence electrons. The van der Waals surface area contributed by atoms with E-state index in [9.17, 15) is 0 Å². The van der Waals surface area contributed by atoms with Crippen LogP contribution in [0, 0.1) is 6.92 Å². The predicted octanol–water partition coefficient (Wildman–Crippen LogP) is 3.42. The number of aliphatic imine (C=N–C) groups is 1. The van der Waals surface area contributed by atoms with Crippen LogP contribution in [0.3, 0.4) is 0 Å². The van der Waals surface area contributed by atoms with Crippen molar-refractivity contribution in [3.8, 4) is 0 Å². The molecule has 4 rings (SSSR count). The quantitative estimate of drug-likeness (QED) is 0.206. The van der Waals surface area contributed by atoms with Gasteiger partial charge in [0.05, 0.1) is 0 Å². The average Bonchev–Trinajstić information content (AvgIpc) is 3.20. The van der Waals surface area contributed by atoms with Crippen LogP contribution >= 0.6 is 24.0 Å². The summed E-state index contributed by atoms with van der Waals surface area (Å²) in [5, 5.41) is 15.6. The molecule has 0 amide bonds. The number of aryl methyl sites for hydroxylation is 2. The molecule has 0 bridgehead atoms. The van der Waals surface area contributed by atoms with E-state index in [2.05, 4.69) is 66.3 Å². The zero-order valence-electron chi connectivity index (χ0n) is 19.0. The van der Waals surface area contributed by atoms with Crippen molar-refractivity contribution < 1.29 is 0 Å². The van der Waals surface area contributed by atoms with Gasteiger partial charge in [-0.1, -0.05) is 35.9 Å². The van der Waals surface area contributed by atoms with Gasteiger partial charge in [0, 0.05) is 51.9 Å². The molecule has 0 unspecified atom stereocenters. The molecule has 8 heteroatoms. The van der Waals surface area contributed by atoms with Gasteiger partial charge in [0.15, 0.2) is 11.6 Å². The van der Waals surface area contributed by atoms with Crippen molar-refractivity contribution in [3.63, 3.8) is 0 Å². The van der Waals surface area contributed by atoms with Gasteiger partial charge >= 0.3 is 0 Å². The number of nitrogens with zero attached hydrogens (tertiary/aromatic N) is 5. The summed E-state index contributed by atoms with van der Waals surface area (Å²) in [6, 6.07) is 15.3. The Hall–Kier alpha value is -2.20. The third-order valence-corrected chi connectivity index (χ3v) is 5.89. The van der Waals surface area contributed by atoms with Crippen molar-refractivity contribution >= 4 is 35.6 Å². The third-order valence-electron chi connectivity index (χ3n) is 5.89. The summed E-state index contributed by atoms with van der Waals surface area (Å²) >= 11 is 0. The first kappa shape index (κ1) is 24.4. The summed E-state index contributed by atoms with van der Waals surface area (Å²) in [5.74, 6) is 1.89. The summed E-state index contributed by atoms with van der Waals surface area (Å²) < 4.78 is 2.05. The Morgan fingerprint density at radius 1 is 1.12 bits per heavy atom. The summed E-state index contributed by atoms with van der Waals surface area (Å²) in [5.41, 5.74) is 3.64. The van der Waals surface area contributed by atoms with Crippen LogP contribution in [0.15, 0.2) is 53.7 Å². The Kier molecular flexibility index (Phi) is 9.28. The number of pyridine rings is 1. The molecule has 1 aliphatic heterocycles. The number of hydrogen-bond acceptors (Lipinski definition) is 4. The van der Waals surface area contributed by atoms with Crippen molar-refractivity contribution in [3.05, 3.63) is 65.6 Å². The lowest BCUT2D eigenvalue weighted by Gasteiger charge is -2.33. The van der Waals surface area contributed by atoms with Crippen molar-refractivity contribution in [2.75, 3.05) is 26.7 Å². The summed E-state index contributed by atoms with van der Waals surface area (Å²) in [6.07, 6.45) is 6.15. The van der Waals surface area contributed by atoms with Gasteiger partial charge in [0.25, 0.3) is 0 Å². The smallest absolute Gasteiger partial charge is 0.191 e. The monoisotopic (exact) mass is 547 g/mol. The summed E-state index contributed by atoms with van der Waals surface area (Å²) in [7, 11) is 1.84. The molecule has 0 saturated carbocycles. The van der Waals surface area contributed by atoms with Crippen LogP contribution in [-0.2, 0) is 13.0 Å². The Balaban J connectivity index is 0.00000289. The predicted molar refractivity (Wildman–Crippen MR) is 141 cm³/mol. The zero-order chi connectivity index (χ0) is 21.5. The number of benzene rings is 1. The molecule has 0 atom stereocenters. The van der Waals surface area contributed by atoms with E-state index in [1.54, 1.807) is 0 Å². The van der Waals surface area contributed by atoms with E-state index in [0.29, 0.717) is 6.04 Å². The minimum atomic E-state index is 0. The Morgan fingerprint density at radius 2 is 1.97 bits per heavy atom. The Morgan fingerprint density at radius 3 is 2.75 bits per heavy atom. The van der Waals surface area contributed by atoms with E-state index >= 15 is 0 Å². The maximum absolute atomic E-state index is 4.41. The van der Waals surface area contributed by atoms with Crippen LogP contribution in [0.25, 0.3) is 5.65 Å². The number of halogens is 1. The van der Waals surface area contributed by atoms with Gasteiger partial charge in [-0.2, -0.15) is 0 Å². The first-order chi connectivity index (χ1) is 15.2. The number of aromatic nitrogens is 3. The lowest BCUT2D eigenvalue weighted by Crippen LogP contribution is -2.48. The fourth-order valence-corrected chi connectivity index (χ4v) is 4.21. The highest BCUT2D eigenvalue weighted by molar-refractivity contribution is 14.0. The van der Waals surface area contributed by atoms with Crippen molar-refractivity contribution in [1.29, 1.82) is 0 Å². The fourth-order valence-electron chi connectivity index (χ4n) is 4.21.